The van der Waals surface area contributed by atoms with Gasteiger partial charge in [0.25, 0.3) is 0 Å². The molecule has 0 heterocycles. The Morgan fingerprint density at radius 3 is 2.22 bits per heavy atom. The molecule has 4 nitrogen and oxygen atoms in total. The number of hydrogen-bond donors (Lipinski definition) is 1. The Morgan fingerprint density at radius 1 is 1.22 bits per heavy atom. The highest BCUT2D eigenvalue weighted by atomic mass is 28.3. The summed E-state index contributed by atoms with van der Waals surface area (Å²) in [7, 11) is -0.757. The standard InChI is InChI=1S/C18H33NO3Si/c1-17(2,3)22-16(21)10-12(9-15(19)20)14-8-13(14)11-18(4,5)23(6)7/h8,12-13,23H,9-11H2,1-7H3,(H2,19,20). The van der Waals surface area contributed by atoms with E-state index in [2.05, 4.69) is 33.0 Å². The van der Waals surface area contributed by atoms with Crippen molar-refractivity contribution in [2.24, 2.45) is 17.6 Å². The summed E-state index contributed by atoms with van der Waals surface area (Å²) in [5.41, 5.74) is 6.09. The summed E-state index contributed by atoms with van der Waals surface area (Å²) in [6, 6.07) is 0. The molecule has 0 saturated carbocycles. The Kier molecular flexibility index (Phi) is 6.24. The van der Waals surface area contributed by atoms with E-state index < -0.39 is 14.4 Å². The van der Waals surface area contributed by atoms with E-state index in [0.29, 0.717) is 11.0 Å². The van der Waals surface area contributed by atoms with Gasteiger partial charge in [-0.2, -0.15) is 0 Å². The van der Waals surface area contributed by atoms with Gasteiger partial charge in [0.05, 0.1) is 6.42 Å². The molecule has 0 bridgehead atoms. The van der Waals surface area contributed by atoms with Crippen LogP contribution >= 0.6 is 0 Å². The van der Waals surface area contributed by atoms with Crippen LogP contribution in [-0.4, -0.2) is 26.3 Å². The van der Waals surface area contributed by atoms with Crippen LogP contribution in [0.15, 0.2) is 11.6 Å². The normalized spacial score (nSPS) is 19.3. The van der Waals surface area contributed by atoms with Gasteiger partial charge in [-0.05, 0) is 44.1 Å². The smallest absolute Gasteiger partial charge is 0.306 e. The van der Waals surface area contributed by atoms with Crippen LogP contribution in [0.4, 0.5) is 0 Å². The number of nitrogens with two attached hydrogens (primary N) is 1. The lowest BCUT2D eigenvalue weighted by Crippen LogP contribution is -2.27. The number of ether oxygens (including phenoxy) is 1. The van der Waals surface area contributed by atoms with E-state index in [9.17, 15) is 9.59 Å². The van der Waals surface area contributed by atoms with Crippen molar-refractivity contribution in [1.82, 2.24) is 0 Å². The molecule has 0 aromatic rings. The molecule has 2 unspecified atom stereocenters. The Hall–Kier alpha value is -1.10. The highest BCUT2D eigenvalue weighted by Crippen LogP contribution is 2.49. The van der Waals surface area contributed by atoms with Crippen LogP contribution in [0.25, 0.3) is 0 Å². The minimum atomic E-state index is -0.757. The van der Waals surface area contributed by atoms with Crippen molar-refractivity contribution in [1.29, 1.82) is 0 Å². The second-order valence-corrected chi connectivity index (χ2v) is 12.7. The first-order valence-corrected chi connectivity index (χ1v) is 11.4. The van der Waals surface area contributed by atoms with Gasteiger partial charge in [-0.15, -0.1) is 0 Å². The maximum absolute atomic E-state index is 12.1. The van der Waals surface area contributed by atoms with Gasteiger partial charge in [-0.25, -0.2) is 0 Å². The minimum absolute atomic E-state index is 0.100. The molecule has 0 aromatic carbocycles. The monoisotopic (exact) mass is 339 g/mol. The van der Waals surface area contributed by atoms with Gasteiger partial charge in [0.15, 0.2) is 0 Å². The van der Waals surface area contributed by atoms with E-state index in [0.717, 1.165) is 6.42 Å². The lowest BCUT2D eigenvalue weighted by molar-refractivity contribution is -0.155. The molecule has 2 atom stereocenters. The Morgan fingerprint density at radius 2 is 1.78 bits per heavy atom. The van der Waals surface area contributed by atoms with Crippen molar-refractivity contribution in [3.63, 3.8) is 0 Å². The number of amides is 1. The molecular formula is C18H33NO3Si. The van der Waals surface area contributed by atoms with Crippen LogP contribution in [0, 0.1) is 11.8 Å². The van der Waals surface area contributed by atoms with Crippen LogP contribution in [-0.2, 0) is 14.3 Å². The van der Waals surface area contributed by atoms with Crippen LogP contribution in [0.2, 0.25) is 18.1 Å². The third kappa shape index (κ3) is 6.90. The Bertz CT molecular complexity index is 489. The quantitative estimate of drug-likeness (QED) is 0.418. The fourth-order valence-corrected chi connectivity index (χ4v) is 3.46. The van der Waals surface area contributed by atoms with Crippen LogP contribution in [0.1, 0.15) is 53.9 Å². The lowest BCUT2D eigenvalue weighted by Gasteiger charge is -2.29. The zero-order chi connectivity index (χ0) is 18.0. The molecule has 1 aliphatic carbocycles. The zero-order valence-corrected chi connectivity index (χ0v) is 16.9. The summed E-state index contributed by atoms with van der Waals surface area (Å²) in [5.74, 6) is -0.293. The summed E-state index contributed by atoms with van der Waals surface area (Å²) in [5, 5.41) is 0.367. The van der Waals surface area contributed by atoms with E-state index in [-0.39, 0.29) is 30.6 Å². The second-order valence-electron chi connectivity index (χ2n) is 8.78. The van der Waals surface area contributed by atoms with Crippen molar-refractivity contribution < 1.29 is 14.3 Å². The predicted octanol–water partition coefficient (Wildman–Crippen LogP) is 3.42. The molecule has 0 aromatic heterocycles. The third-order valence-corrected chi connectivity index (χ3v) is 8.14. The van der Waals surface area contributed by atoms with Crippen LogP contribution in [0.5, 0.6) is 0 Å². The fourth-order valence-electron chi connectivity index (χ4n) is 2.74. The molecule has 0 radical (unpaired) electrons. The topological polar surface area (TPSA) is 69.4 Å². The first-order valence-electron chi connectivity index (χ1n) is 8.53. The second kappa shape index (κ2) is 7.20. The minimum Gasteiger partial charge on any atom is -0.460 e. The summed E-state index contributed by atoms with van der Waals surface area (Å²) < 4.78 is 5.39. The molecule has 23 heavy (non-hydrogen) atoms. The van der Waals surface area contributed by atoms with Gasteiger partial charge >= 0.3 is 5.97 Å². The summed E-state index contributed by atoms with van der Waals surface area (Å²) in [4.78, 5) is 23.4. The number of carbonyl (C=O) groups is 2. The molecule has 5 heteroatoms. The molecule has 0 saturated heterocycles. The largest absolute Gasteiger partial charge is 0.460 e. The molecular weight excluding hydrogens is 306 g/mol. The van der Waals surface area contributed by atoms with E-state index >= 15 is 0 Å². The summed E-state index contributed by atoms with van der Waals surface area (Å²) >= 11 is 0. The maximum Gasteiger partial charge on any atom is 0.306 e. The number of hydrogen-bond acceptors (Lipinski definition) is 3. The summed E-state index contributed by atoms with van der Waals surface area (Å²) in [6.07, 6.45) is 3.77. The van der Waals surface area contributed by atoms with Crippen molar-refractivity contribution >= 4 is 20.7 Å². The predicted molar refractivity (Wildman–Crippen MR) is 96.9 cm³/mol. The van der Waals surface area contributed by atoms with Gasteiger partial charge in [-0.3, -0.25) is 9.59 Å². The number of primary amides is 1. The lowest BCUT2D eigenvalue weighted by atomic mass is 9.92. The number of esters is 1. The molecule has 0 spiro atoms. The Balaban J connectivity index is 2.65. The number of rotatable bonds is 8. The van der Waals surface area contributed by atoms with Gasteiger partial charge in [0.2, 0.25) is 5.91 Å². The van der Waals surface area contributed by atoms with Gasteiger partial charge < -0.3 is 10.5 Å². The van der Waals surface area contributed by atoms with Gasteiger partial charge in [0.1, 0.15) is 5.60 Å². The molecule has 2 N–H and O–H groups in total. The molecule has 0 fully saturated rings. The number of allylic oxidation sites excluding steroid dienone is 2. The zero-order valence-electron chi connectivity index (χ0n) is 15.7. The fraction of sp³-hybridized carbons (Fsp3) is 0.778. The molecule has 1 amide bonds. The van der Waals surface area contributed by atoms with E-state index in [1.807, 2.05) is 20.8 Å². The van der Waals surface area contributed by atoms with E-state index in [1.54, 1.807) is 0 Å². The average Bonchev–Trinajstić information content (AvgIpc) is 3.02. The first-order chi connectivity index (χ1) is 10.3. The van der Waals surface area contributed by atoms with Gasteiger partial charge in [0, 0.05) is 15.2 Å². The van der Waals surface area contributed by atoms with Crippen molar-refractivity contribution in [3.8, 4) is 0 Å². The van der Waals surface area contributed by atoms with Crippen molar-refractivity contribution in [2.45, 2.75) is 77.6 Å². The van der Waals surface area contributed by atoms with Crippen molar-refractivity contribution in [3.05, 3.63) is 11.6 Å². The molecule has 1 aliphatic rings. The maximum atomic E-state index is 12.1. The first kappa shape index (κ1) is 19.9. The molecule has 0 aliphatic heterocycles. The third-order valence-electron chi connectivity index (χ3n) is 4.77. The molecule has 132 valence electrons. The average molecular weight is 340 g/mol. The summed E-state index contributed by atoms with van der Waals surface area (Å²) in [6.45, 7) is 14.9. The number of carbonyl (C=O) groups excluding carboxylic acids is 2. The highest BCUT2D eigenvalue weighted by Gasteiger charge is 2.38. The van der Waals surface area contributed by atoms with Crippen molar-refractivity contribution in [2.75, 3.05) is 0 Å². The SMILES string of the molecule is C[SiH](C)C(C)(C)CC1C=C1C(CC(N)=O)CC(=O)OC(C)(C)C. The highest BCUT2D eigenvalue weighted by molar-refractivity contribution is 6.59. The van der Waals surface area contributed by atoms with Crippen LogP contribution in [0.3, 0.4) is 0 Å². The van der Waals surface area contributed by atoms with E-state index in [4.69, 9.17) is 10.5 Å². The molecule has 1 rings (SSSR count). The van der Waals surface area contributed by atoms with E-state index in [1.165, 1.54) is 5.57 Å². The Labute approximate surface area is 142 Å². The van der Waals surface area contributed by atoms with Gasteiger partial charge in [-0.1, -0.05) is 38.6 Å². The van der Waals surface area contributed by atoms with Crippen LogP contribution < -0.4 is 5.73 Å².